The fourth-order valence-corrected chi connectivity index (χ4v) is 6.20. The summed E-state index contributed by atoms with van der Waals surface area (Å²) in [7, 11) is -1.74. The molecule has 0 saturated carbocycles. The number of ether oxygens (including phenoxy) is 1. The van der Waals surface area contributed by atoms with Crippen LogP contribution in [0.25, 0.3) is 0 Å². The zero-order chi connectivity index (χ0) is 17.9. The number of amides is 1. The van der Waals surface area contributed by atoms with Crippen molar-refractivity contribution in [2.45, 2.75) is 17.7 Å². The van der Waals surface area contributed by atoms with E-state index < -0.39 is 10.0 Å². The maximum absolute atomic E-state index is 13.0. The summed E-state index contributed by atoms with van der Waals surface area (Å²) in [4.78, 5) is 15.2. The van der Waals surface area contributed by atoms with E-state index in [1.807, 2.05) is 7.05 Å². The molecule has 0 aromatic carbocycles. The Bertz CT molecular complexity index is 696. The van der Waals surface area contributed by atoms with Crippen LogP contribution in [0, 0.1) is 5.92 Å². The van der Waals surface area contributed by atoms with E-state index in [0.29, 0.717) is 50.2 Å². The first-order valence-electron chi connectivity index (χ1n) is 8.63. The van der Waals surface area contributed by atoms with Gasteiger partial charge in [0.1, 0.15) is 9.77 Å². The summed E-state index contributed by atoms with van der Waals surface area (Å²) in [6.45, 7) is 3.68. The summed E-state index contributed by atoms with van der Waals surface area (Å²) in [5.41, 5.74) is 0. The van der Waals surface area contributed by atoms with E-state index in [2.05, 4.69) is 5.32 Å². The standard InChI is InChI=1S/C16H25N3O4S2/c1-17-11-13-3-2-5-18(12-13)16(20)15-14(4-10-24-15)25(21,22)19-6-8-23-9-7-19/h4,10,13,17H,2-3,5-9,11-12H2,1H3. The molecule has 0 radical (unpaired) electrons. The van der Waals surface area contributed by atoms with Gasteiger partial charge in [-0.05, 0) is 43.8 Å². The molecule has 1 aromatic rings. The summed E-state index contributed by atoms with van der Waals surface area (Å²) < 4.78 is 32.5. The first kappa shape index (κ1) is 18.8. The molecule has 3 rings (SSSR count). The molecule has 1 atom stereocenters. The van der Waals surface area contributed by atoms with Crippen LogP contribution in [0.2, 0.25) is 0 Å². The van der Waals surface area contributed by atoms with Gasteiger partial charge in [-0.2, -0.15) is 4.31 Å². The van der Waals surface area contributed by atoms with E-state index in [1.165, 1.54) is 15.6 Å². The van der Waals surface area contributed by atoms with Gasteiger partial charge in [-0.1, -0.05) is 0 Å². The van der Waals surface area contributed by atoms with Crippen molar-refractivity contribution in [3.8, 4) is 0 Å². The van der Waals surface area contributed by atoms with Crippen LogP contribution in [-0.4, -0.2) is 76.5 Å². The number of nitrogens with zero attached hydrogens (tertiary/aromatic N) is 2. The highest BCUT2D eigenvalue weighted by atomic mass is 32.2. The first-order chi connectivity index (χ1) is 12.0. The van der Waals surface area contributed by atoms with Crippen LogP contribution in [0.1, 0.15) is 22.5 Å². The maximum Gasteiger partial charge on any atom is 0.265 e. The number of hydrogen-bond donors (Lipinski definition) is 1. The highest BCUT2D eigenvalue weighted by molar-refractivity contribution is 7.89. The first-order valence-corrected chi connectivity index (χ1v) is 10.9. The van der Waals surface area contributed by atoms with Gasteiger partial charge in [-0.25, -0.2) is 8.42 Å². The predicted octanol–water partition coefficient (Wildman–Crippen LogP) is 0.841. The summed E-state index contributed by atoms with van der Waals surface area (Å²) in [6.07, 6.45) is 2.04. The van der Waals surface area contributed by atoms with Crippen molar-refractivity contribution in [2.24, 2.45) is 5.92 Å². The van der Waals surface area contributed by atoms with Gasteiger partial charge in [0, 0.05) is 26.2 Å². The van der Waals surface area contributed by atoms with E-state index in [1.54, 1.807) is 16.3 Å². The van der Waals surface area contributed by atoms with Crippen LogP contribution in [0.5, 0.6) is 0 Å². The zero-order valence-corrected chi connectivity index (χ0v) is 16.1. The molecular formula is C16H25N3O4S2. The van der Waals surface area contributed by atoms with E-state index in [4.69, 9.17) is 4.74 Å². The number of sulfonamides is 1. The average Bonchev–Trinajstić information content (AvgIpc) is 3.13. The lowest BCUT2D eigenvalue weighted by Gasteiger charge is -2.33. The zero-order valence-electron chi connectivity index (χ0n) is 14.4. The number of hydrogen-bond acceptors (Lipinski definition) is 6. The van der Waals surface area contributed by atoms with E-state index in [0.717, 1.165) is 19.4 Å². The summed E-state index contributed by atoms with van der Waals surface area (Å²) >= 11 is 1.21. The van der Waals surface area contributed by atoms with Gasteiger partial charge in [0.05, 0.1) is 13.2 Å². The highest BCUT2D eigenvalue weighted by Gasteiger charge is 2.33. The van der Waals surface area contributed by atoms with Crippen molar-refractivity contribution < 1.29 is 17.9 Å². The fraction of sp³-hybridized carbons (Fsp3) is 0.688. The number of rotatable bonds is 5. The van der Waals surface area contributed by atoms with Crippen LogP contribution >= 0.6 is 11.3 Å². The van der Waals surface area contributed by atoms with Crippen LogP contribution in [0.15, 0.2) is 16.3 Å². The van der Waals surface area contributed by atoms with Gasteiger partial charge >= 0.3 is 0 Å². The Morgan fingerprint density at radius 1 is 1.36 bits per heavy atom. The largest absolute Gasteiger partial charge is 0.379 e. The lowest BCUT2D eigenvalue weighted by Crippen LogP contribution is -2.43. The van der Waals surface area contributed by atoms with Crippen LogP contribution in [-0.2, 0) is 14.8 Å². The average molecular weight is 388 g/mol. The molecule has 0 aliphatic carbocycles. The molecule has 1 N–H and O–H groups in total. The summed E-state index contributed by atoms with van der Waals surface area (Å²) in [5.74, 6) is 0.254. The molecular weight excluding hydrogens is 362 g/mol. The monoisotopic (exact) mass is 387 g/mol. The molecule has 140 valence electrons. The molecule has 7 nitrogen and oxygen atoms in total. The van der Waals surface area contributed by atoms with Crippen molar-refractivity contribution >= 4 is 27.3 Å². The molecule has 0 spiro atoms. The second-order valence-corrected chi connectivity index (χ2v) is 9.27. The molecule has 2 aliphatic rings. The normalized spacial score (nSPS) is 22.9. The minimum Gasteiger partial charge on any atom is -0.379 e. The SMILES string of the molecule is CNCC1CCCN(C(=O)c2sccc2S(=O)(=O)N2CCOCC2)C1. The molecule has 2 saturated heterocycles. The smallest absolute Gasteiger partial charge is 0.265 e. The van der Waals surface area contributed by atoms with Gasteiger partial charge in [-0.3, -0.25) is 4.79 Å². The Morgan fingerprint density at radius 3 is 2.84 bits per heavy atom. The molecule has 0 bridgehead atoms. The Morgan fingerprint density at radius 2 is 2.12 bits per heavy atom. The Labute approximate surface area is 153 Å². The van der Waals surface area contributed by atoms with Crippen molar-refractivity contribution in [1.29, 1.82) is 0 Å². The third kappa shape index (κ3) is 4.06. The van der Waals surface area contributed by atoms with E-state index >= 15 is 0 Å². The fourth-order valence-electron chi connectivity index (χ4n) is 3.43. The third-order valence-corrected chi connectivity index (χ3v) is 7.68. The number of nitrogens with one attached hydrogen (secondary N) is 1. The van der Waals surface area contributed by atoms with Crippen molar-refractivity contribution in [3.63, 3.8) is 0 Å². The predicted molar refractivity (Wildman–Crippen MR) is 96.5 cm³/mol. The number of carbonyl (C=O) groups excluding carboxylic acids is 1. The third-order valence-electron chi connectivity index (χ3n) is 4.71. The Balaban J connectivity index is 1.79. The molecule has 9 heteroatoms. The molecule has 3 heterocycles. The van der Waals surface area contributed by atoms with Gasteiger partial charge in [0.15, 0.2) is 0 Å². The topological polar surface area (TPSA) is 79.0 Å². The molecule has 1 amide bonds. The minimum atomic E-state index is -3.65. The minimum absolute atomic E-state index is 0.139. The van der Waals surface area contributed by atoms with Gasteiger partial charge < -0.3 is 15.0 Å². The van der Waals surface area contributed by atoms with Crippen LogP contribution < -0.4 is 5.32 Å². The maximum atomic E-state index is 13.0. The number of thiophene rings is 1. The number of morpholine rings is 1. The Kier molecular flexibility index (Phi) is 6.11. The van der Waals surface area contributed by atoms with Crippen molar-refractivity contribution in [2.75, 3.05) is 53.0 Å². The van der Waals surface area contributed by atoms with Crippen molar-refractivity contribution in [1.82, 2.24) is 14.5 Å². The quantitative estimate of drug-likeness (QED) is 0.810. The summed E-state index contributed by atoms with van der Waals surface area (Å²) in [5, 5.41) is 4.85. The van der Waals surface area contributed by atoms with E-state index in [-0.39, 0.29) is 10.8 Å². The second kappa shape index (κ2) is 8.13. The molecule has 1 unspecified atom stereocenters. The van der Waals surface area contributed by atoms with Crippen molar-refractivity contribution in [3.05, 3.63) is 16.3 Å². The molecule has 25 heavy (non-hydrogen) atoms. The number of piperidine rings is 1. The van der Waals surface area contributed by atoms with Gasteiger partial charge in [-0.15, -0.1) is 11.3 Å². The number of carbonyl (C=O) groups is 1. The Hall–Kier alpha value is -1.00. The second-order valence-electron chi connectivity index (χ2n) is 6.45. The van der Waals surface area contributed by atoms with Crippen LogP contribution in [0.4, 0.5) is 0 Å². The summed E-state index contributed by atoms with van der Waals surface area (Å²) in [6, 6.07) is 1.55. The molecule has 1 aromatic heterocycles. The van der Waals surface area contributed by atoms with Gasteiger partial charge in [0.25, 0.3) is 5.91 Å². The molecule has 2 fully saturated rings. The molecule has 2 aliphatic heterocycles. The van der Waals surface area contributed by atoms with Crippen LogP contribution in [0.3, 0.4) is 0 Å². The highest BCUT2D eigenvalue weighted by Crippen LogP contribution is 2.28. The van der Waals surface area contributed by atoms with E-state index in [9.17, 15) is 13.2 Å². The lowest BCUT2D eigenvalue weighted by atomic mass is 9.98. The van der Waals surface area contributed by atoms with Gasteiger partial charge in [0.2, 0.25) is 10.0 Å². The lowest BCUT2D eigenvalue weighted by molar-refractivity contribution is 0.0673. The number of likely N-dealkylation sites (tertiary alicyclic amines) is 1.